The van der Waals surface area contributed by atoms with Crippen LogP contribution in [0.3, 0.4) is 0 Å². The zero-order valence-corrected chi connectivity index (χ0v) is 9.71. The molecule has 1 aliphatic rings. The van der Waals surface area contributed by atoms with Crippen molar-refractivity contribution in [2.45, 2.75) is 44.7 Å². The standard InChI is InChI=1S/C11H22N2O2/c1-9(8-11(14)12-2)13-10-4-3-6-15-7-5-10/h9-10,13H,3-8H2,1-2H3,(H,12,14). The average molecular weight is 214 g/mol. The van der Waals surface area contributed by atoms with Crippen molar-refractivity contribution in [3.63, 3.8) is 0 Å². The van der Waals surface area contributed by atoms with Gasteiger partial charge in [-0.3, -0.25) is 4.79 Å². The summed E-state index contributed by atoms with van der Waals surface area (Å²) in [6, 6.07) is 0.750. The van der Waals surface area contributed by atoms with E-state index in [1.807, 2.05) is 0 Å². The normalized spacial score (nSPS) is 24.3. The summed E-state index contributed by atoms with van der Waals surface area (Å²) < 4.78 is 5.39. The fraction of sp³-hybridized carbons (Fsp3) is 0.909. The molecule has 4 heteroatoms. The molecule has 88 valence electrons. The van der Waals surface area contributed by atoms with Crippen LogP contribution in [0.4, 0.5) is 0 Å². The lowest BCUT2D eigenvalue weighted by Crippen LogP contribution is -2.39. The van der Waals surface area contributed by atoms with E-state index >= 15 is 0 Å². The molecule has 1 aliphatic heterocycles. The molecule has 2 unspecified atom stereocenters. The summed E-state index contributed by atoms with van der Waals surface area (Å²) in [4.78, 5) is 11.2. The number of hydrogen-bond acceptors (Lipinski definition) is 3. The number of carbonyl (C=O) groups is 1. The van der Waals surface area contributed by atoms with Gasteiger partial charge in [-0.05, 0) is 26.2 Å². The van der Waals surface area contributed by atoms with Crippen molar-refractivity contribution < 1.29 is 9.53 Å². The van der Waals surface area contributed by atoms with Crippen molar-refractivity contribution in [1.29, 1.82) is 0 Å². The molecule has 2 N–H and O–H groups in total. The number of carbonyl (C=O) groups excluding carboxylic acids is 1. The Labute approximate surface area is 91.8 Å². The molecule has 0 spiro atoms. The van der Waals surface area contributed by atoms with Crippen molar-refractivity contribution in [2.75, 3.05) is 20.3 Å². The molecule has 1 fully saturated rings. The van der Waals surface area contributed by atoms with E-state index < -0.39 is 0 Å². The van der Waals surface area contributed by atoms with E-state index in [2.05, 4.69) is 17.6 Å². The molecule has 1 saturated heterocycles. The van der Waals surface area contributed by atoms with Crippen molar-refractivity contribution in [3.05, 3.63) is 0 Å². The van der Waals surface area contributed by atoms with Gasteiger partial charge in [-0.2, -0.15) is 0 Å². The van der Waals surface area contributed by atoms with E-state index in [0.29, 0.717) is 12.5 Å². The summed E-state index contributed by atoms with van der Waals surface area (Å²) in [6.45, 7) is 3.77. The Morgan fingerprint density at radius 1 is 1.47 bits per heavy atom. The van der Waals surface area contributed by atoms with Crippen LogP contribution in [-0.4, -0.2) is 38.3 Å². The van der Waals surface area contributed by atoms with Gasteiger partial charge in [0.2, 0.25) is 5.91 Å². The maximum atomic E-state index is 11.2. The van der Waals surface area contributed by atoms with E-state index in [4.69, 9.17) is 4.74 Å². The van der Waals surface area contributed by atoms with Crippen LogP contribution in [-0.2, 0) is 9.53 Å². The molecular formula is C11H22N2O2. The van der Waals surface area contributed by atoms with Crippen LogP contribution >= 0.6 is 0 Å². The molecule has 0 saturated carbocycles. The van der Waals surface area contributed by atoms with Gasteiger partial charge in [-0.25, -0.2) is 0 Å². The SMILES string of the molecule is CNC(=O)CC(C)NC1CCCOCC1. The van der Waals surface area contributed by atoms with Crippen LogP contribution in [0.15, 0.2) is 0 Å². The highest BCUT2D eigenvalue weighted by Gasteiger charge is 2.15. The van der Waals surface area contributed by atoms with Gasteiger partial charge in [-0.1, -0.05) is 0 Å². The Morgan fingerprint density at radius 2 is 2.27 bits per heavy atom. The van der Waals surface area contributed by atoms with Crippen LogP contribution in [0.2, 0.25) is 0 Å². The highest BCUT2D eigenvalue weighted by atomic mass is 16.5. The van der Waals surface area contributed by atoms with E-state index in [-0.39, 0.29) is 11.9 Å². The lowest BCUT2D eigenvalue weighted by atomic mass is 10.1. The Bertz CT molecular complexity index is 189. The molecule has 0 aromatic heterocycles. The van der Waals surface area contributed by atoms with Gasteiger partial charge in [-0.15, -0.1) is 0 Å². The molecule has 0 aromatic rings. The largest absolute Gasteiger partial charge is 0.381 e. The van der Waals surface area contributed by atoms with Gasteiger partial charge >= 0.3 is 0 Å². The number of rotatable bonds is 4. The number of nitrogens with one attached hydrogen (secondary N) is 2. The predicted molar refractivity (Wildman–Crippen MR) is 59.7 cm³/mol. The highest BCUT2D eigenvalue weighted by Crippen LogP contribution is 2.09. The monoisotopic (exact) mass is 214 g/mol. The average Bonchev–Trinajstić information content (AvgIpc) is 2.46. The smallest absolute Gasteiger partial charge is 0.221 e. The predicted octanol–water partition coefficient (Wildman–Crippen LogP) is 0.670. The third kappa shape index (κ3) is 5.14. The first-order valence-corrected chi connectivity index (χ1v) is 5.76. The topological polar surface area (TPSA) is 50.4 Å². The molecule has 1 amide bonds. The number of hydrogen-bond donors (Lipinski definition) is 2. The van der Waals surface area contributed by atoms with Crippen molar-refractivity contribution >= 4 is 5.91 Å². The number of ether oxygens (including phenoxy) is 1. The molecule has 2 atom stereocenters. The van der Waals surface area contributed by atoms with Gasteiger partial charge in [0, 0.05) is 38.8 Å². The molecule has 0 aliphatic carbocycles. The van der Waals surface area contributed by atoms with Gasteiger partial charge in [0.1, 0.15) is 0 Å². The van der Waals surface area contributed by atoms with E-state index in [0.717, 1.165) is 32.5 Å². The lowest BCUT2D eigenvalue weighted by Gasteiger charge is -2.20. The third-order valence-corrected chi connectivity index (χ3v) is 2.74. The zero-order chi connectivity index (χ0) is 11.1. The van der Waals surface area contributed by atoms with Crippen molar-refractivity contribution in [2.24, 2.45) is 0 Å². The van der Waals surface area contributed by atoms with Crippen LogP contribution in [0.5, 0.6) is 0 Å². The Hall–Kier alpha value is -0.610. The zero-order valence-electron chi connectivity index (χ0n) is 9.71. The molecule has 0 aromatic carbocycles. The van der Waals surface area contributed by atoms with Gasteiger partial charge in [0.15, 0.2) is 0 Å². The van der Waals surface area contributed by atoms with Crippen LogP contribution < -0.4 is 10.6 Å². The second-order valence-electron chi connectivity index (χ2n) is 4.19. The fourth-order valence-corrected chi connectivity index (χ4v) is 1.91. The van der Waals surface area contributed by atoms with Gasteiger partial charge < -0.3 is 15.4 Å². The molecule has 0 radical (unpaired) electrons. The Morgan fingerprint density at radius 3 is 3.00 bits per heavy atom. The summed E-state index contributed by atoms with van der Waals surface area (Å²) in [5, 5.41) is 6.13. The minimum atomic E-state index is 0.0971. The Balaban J connectivity index is 2.23. The molecule has 1 heterocycles. The van der Waals surface area contributed by atoms with Gasteiger partial charge in [0.25, 0.3) is 0 Å². The summed E-state index contributed by atoms with van der Waals surface area (Å²) >= 11 is 0. The summed E-state index contributed by atoms with van der Waals surface area (Å²) in [6.07, 6.45) is 3.87. The fourth-order valence-electron chi connectivity index (χ4n) is 1.91. The number of amides is 1. The minimum Gasteiger partial charge on any atom is -0.381 e. The highest BCUT2D eigenvalue weighted by molar-refractivity contribution is 5.76. The molecular weight excluding hydrogens is 192 g/mol. The molecule has 15 heavy (non-hydrogen) atoms. The molecule has 0 bridgehead atoms. The van der Waals surface area contributed by atoms with Crippen LogP contribution in [0.25, 0.3) is 0 Å². The van der Waals surface area contributed by atoms with E-state index in [9.17, 15) is 4.79 Å². The minimum absolute atomic E-state index is 0.0971. The summed E-state index contributed by atoms with van der Waals surface area (Å²) in [7, 11) is 1.68. The first-order chi connectivity index (χ1) is 7.22. The Kier molecular flexibility index (Phi) is 5.65. The van der Waals surface area contributed by atoms with Gasteiger partial charge in [0.05, 0.1) is 0 Å². The van der Waals surface area contributed by atoms with Crippen molar-refractivity contribution in [1.82, 2.24) is 10.6 Å². The molecule has 1 rings (SSSR count). The summed E-state index contributed by atoms with van der Waals surface area (Å²) in [5.74, 6) is 0.0971. The third-order valence-electron chi connectivity index (χ3n) is 2.74. The first-order valence-electron chi connectivity index (χ1n) is 5.76. The van der Waals surface area contributed by atoms with Crippen LogP contribution in [0, 0.1) is 0 Å². The second kappa shape index (κ2) is 6.80. The van der Waals surface area contributed by atoms with E-state index in [1.54, 1.807) is 7.05 Å². The summed E-state index contributed by atoms with van der Waals surface area (Å²) in [5.41, 5.74) is 0. The van der Waals surface area contributed by atoms with Crippen molar-refractivity contribution in [3.8, 4) is 0 Å². The quantitative estimate of drug-likeness (QED) is 0.723. The first kappa shape index (κ1) is 12.5. The van der Waals surface area contributed by atoms with E-state index in [1.165, 1.54) is 0 Å². The molecule has 4 nitrogen and oxygen atoms in total. The van der Waals surface area contributed by atoms with Crippen LogP contribution in [0.1, 0.15) is 32.6 Å². The second-order valence-corrected chi connectivity index (χ2v) is 4.19. The lowest BCUT2D eigenvalue weighted by molar-refractivity contribution is -0.121. The maximum Gasteiger partial charge on any atom is 0.221 e. The maximum absolute atomic E-state index is 11.2.